The average molecular weight is 264 g/mol. The van der Waals surface area contributed by atoms with Crippen LogP contribution < -0.4 is 4.90 Å². The van der Waals surface area contributed by atoms with Crippen LogP contribution >= 0.6 is 0 Å². The maximum atomic E-state index is 9.25. The number of hydrogen-bond donors (Lipinski definition) is 0. The summed E-state index contributed by atoms with van der Waals surface area (Å²) in [6, 6.07) is 14.6. The molecule has 3 rings (SSSR count). The fourth-order valence-electron chi connectivity index (χ4n) is 3.14. The van der Waals surface area contributed by atoms with E-state index in [4.69, 9.17) is 0 Å². The lowest BCUT2D eigenvalue weighted by molar-refractivity contribution is 0.324. The maximum Gasteiger partial charge on any atom is 0.0998 e. The van der Waals surface area contributed by atoms with E-state index >= 15 is 0 Å². The molecule has 0 aliphatic carbocycles. The molecule has 0 N–H and O–H groups in total. The molecule has 2 aromatic carbocycles. The first-order chi connectivity index (χ1) is 9.70. The second-order valence-corrected chi connectivity index (χ2v) is 5.98. The molecule has 1 aliphatic rings. The molecule has 20 heavy (non-hydrogen) atoms. The number of nitrogens with zero attached hydrogens (tertiary/aromatic N) is 2. The largest absolute Gasteiger partial charge is 0.371 e. The third kappa shape index (κ3) is 2.14. The molecule has 2 aromatic rings. The Morgan fingerprint density at radius 2 is 1.80 bits per heavy atom. The van der Waals surface area contributed by atoms with Crippen molar-refractivity contribution in [2.24, 2.45) is 11.8 Å². The normalized spacial score (nSPS) is 22.8. The van der Waals surface area contributed by atoms with E-state index in [-0.39, 0.29) is 0 Å². The van der Waals surface area contributed by atoms with E-state index in [0.717, 1.165) is 35.9 Å². The Labute approximate surface area is 120 Å². The second-order valence-electron chi connectivity index (χ2n) is 5.98. The third-order valence-corrected chi connectivity index (χ3v) is 4.70. The summed E-state index contributed by atoms with van der Waals surface area (Å²) in [5.41, 5.74) is 2.04. The summed E-state index contributed by atoms with van der Waals surface area (Å²) in [7, 11) is 0. The van der Waals surface area contributed by atoms with Crippen LogP contribution in [0.4, 0.5) is 5.69 Å². The summed E-state index contributed by atoms with van der Waals surface area (Å²) in [6.45, 7) is 6.90. The van der Waals surface area contributed by atoms with Gasteiger partial charge in [0.25, 0.3) is 0 Å². The number of piperidine rings is 1. The van der Waals surface area contributed by atoms with E-state index in [9.17, 15) is 5.26 Å². The van der Waals surface area contributed by atoms with Gasteiger partial charge in [-0.25, -0.2) is 0 Å². The van der Waals surface area contributed by atoms with Crippen molar-refractivity contribution in [2.45, 2.75) is 20.3 Å². The minimum Gasteiger partial charge on any atom is -0.371 e. The van der Waals surface area contributed by atoms with Crippen LogP contribution in [0.5, 0.6) is 0 Å². The first-order valence-electron chi connectivity index (χ1n) is 7.37. The molecule has 0 saturated carbocycles. The lowest BCUT2D eigenvalue weighted by Gasteiger charge is -2.37. The molecule has 2 nitrogen and oxygen atoms in total. The molecule has 0 aromatic heterocycles. The van der Waals surface area contributed by atoms with Gasteiger partial charge in [0.1, 0.15) is 0 Å². The van der Waals surface area contributed by atoms with E-state index < -0.39 is 0 Å². The topological polar surface area (TPSA) is 27.0 Å². The second kappa shape index (κ2) is 5.17. The van der Waals surface area contributed by atoms with Gasteiger partial charge >= 0.3 is 0 Å². The summed E-state index contributed by atoms with van der Waals surface area (Å²) < 4.78 is 0. The molecule has 0 spiro atoms. The van der Waals surface area contributed by atoms with Crippen LogP contribution in [0, 0.1) is 23.2 Å². The van der Waals surface area contributed by atoms with Crippen molar-refractivity contribution in [3.05, 3.63) is 42.0 Å². The number of fused-ring (bicyclic) bond motifs is 1. The number of anilines is 1. The van der Waals surface area contributed by atoms with Crippen molar-refractivity contribution >= 4 is 16.5 Å². The van der Waals surface area contributed by atoms with Gasteiger partial charge in [0, 0.05) is 29.5 Å². The Balaban J connectivity index is 2.07. The van der Waals surface area contributed by atoms with Gasteiger partial charge in [-0.3, -0.25) is 0 Å². The summed E-state index contributed by atoms with van der Waals surface area (Å²) in [5.74, 6) is 1.52. The predicted octanol–water partition coefficient (Wildman–Crippen LogP) is 4.19. The third-order valence-electron chi connectivity index (χ3n) is 4.70. The summed E-state index contributed by atoms with van der Waals surface area (Å²) in [4.78, 5) is 2.48. The fraction of sp³-hybridized carbons (Fsp3) is 0.389. The Morgan fingerprint density at radius 3 is 2.50 bits per heavy atom. The Hall–Kier alpha value is -2.01. The molecule has 1 heterocycles. The minimum absolute atomic E-state index is 0.721. The van der Waals surface area contributed by atoms with Crippen molar-refractivity contribution in [3.63, 3.8) is 0 Å². The molecular formula is C18H20N2. The van der Waals surface area contributed by atoms with Crippen molar-refractivity contribution in [1.82, 2.24) is 0 Å². The van der Waals surface area contributed by atoms with Crippen LogP contribution in [0.25, 0.3) is 10.8 Å². The van der Waals surface area contributed by atoms with Crippen molar-refractivity contribution in [2.75, 3.05) is 18.0 Å². The zero-order chi connectivity index (χ0) is 14.1. The zero-order valence-electron chi connectivity index (χ0n) is 12.1. The van der Waals surface area contributed by atoms with Crippen LogP contribution in [0.2, 0.25) is 0 Å². The minimum atomic E-state index is 0.721. The molecule has 2 atom stereocenters. The molecular weight excluding hydrogens is 244 g/mol. The lowest BCUT2D eigenvalue weighted by Crippen LogP contribution is -2.38. The van der Waals surface area contributed by atoms with E-state index in [2.05, 4.69) is 43.0 Å². The van der Waals surface area contributed by atoms with Gasteiger partial charge in [-0.1, -0.05) is 38.1 Å². The highest BCUT2D eigenvalue weighted by Gasteiger charge is 2.23. The molecule has 0 bridgehead atoms. The first kappa shape index (κ1) is 13.0. The summed E-state index contributed by atoms with van der Waals surface area (Å²) in [5, 5.41) is 11.5. The highest BCUT2D eigenvalue weighted by molar-refractivity contribution is 5.97. The first-order valence-corrected chi connectivity index (χ1v) is 7.37. The fourth-order valence-corrected chi connectivity index (χ4v) is 3.14. The molecule has 0 amide bonds. The van der Waals surface area contributed by atoms with Gasteiger partial charge < -0.3 is 4.90 Å². The Morgan fingerprint density at radius 1 is 1.05 bits per heavy atom. The quantitative estimate of drug-likeness (QED) is 0.772. The van der Waals surface area contributed by atoms with Crippen molar-refractivity contribution in [1.29, 1.82) is 5.26 Å². The monoisotopic (exact) mass is 264 g/mol. The maximum absolute atomic E-state index is 9.25. The number of nitriles is 1. The van der Waals surface area contributed by atoms with Gasteiger partial charge in [0.15, 0.2) is 0 Å². The molecule has 102 valence electrons. The predicted molar refractivity (Wildman–Crippen MR) is 83.8 cm³/mol. The van der Waals surface area contributed by atoms with Crippen LogP contribution in [0.3, 0.4) is 0 Å². The SMILES string of the molecule is CC1CCN(c2ccc(C#N)c3ccccc23)CC1C. The van der Waals surface area contributed by atoms with Crippen LogP contribution in [0.15, 0.2) is 36.4 Å². The van der Waals surface area contributed by atoms with E-state index in [1.54, 1.807) is 0 Å². The van der Waals surface area contributed by atoms with E-state index in [1.807, 2.05) is 18.2 Å². The smallest absolute Gasteiger partial charge is 0.0998 e. The summed E-state index contributed by atoms with van der Waals surface area (Å²) in [6.07, 6.45) is 1.25. The van der Waals surface area contributed by atoms with Crippen LogP contribution in [-0.2, 0) is 0 Å². The zero-order valence-corrected chi connectivity index (χ0v) is 12.1. The lowest BCUT2D eigenvalue weighted by atomic mass is 9.88. The van der Waals surface area contributed by atoms with E-state index in [1.165, 1.54) is 17.5 Å². The number of rotatable bonds is 1. The van der Waals surface area contributed by atoms with Crippen molar-refractivity contribution in [3.8, 4) is 6.07 Å². The van der Waals surface area contributed by atoms with Gasteiger partial charge in [-0.2, -0.15) is 5.26 Å². The highest BCUT2D eigenvalue weighted by Crippen LogP contribution is 2.33. The van der Waals surface area contributed by atoms with Crippen molar-refractivity contribution < 1.29 is 0 Å². The highest BCUT2D eigenvalue weighted by atomic mass is 15.1. The van der Waals surface area contributed by atoms with Crippen LogP contribution in [-0.4, -0.2) is 13.1 Å². The average Bonchev–Trinajstić information content (AvgIpc) is 2.49. The summed E-state index contributed by atoms with van der Waals surface area (Å²) >= 11 is 0. The number of benzene rings is 2. The molecule has 2 heteroatoms. The molecule has 1 aliphatic heterocycles. The van der Waals surface area contributed by atoms with Gasteiger partial charge in [-0.05, 0) is 30.4 Å². The van der Waals surface area contributed by atoms with Gasteiger partial charge in [0.2, 0.25) is 0 Å². The molecule has 0 radical (unpaired) electrons. The Kier molecular flexibility index (Phi) is 3.36. The molecule has 1 fully saturated rings. The molecule has 1 saturated heterocycles. The Bertz CT molecular complexity index is 669. The molecule has 2 unspecified atom stereocenters. The van der Waals surface area contributed by atoms with Crippen LogP contribution in [0.1, 0.15) is 25.8 Å². The number of hydrogen-bond acceptors (Lipinski definition) is 2. The standard InChI is InChI=1S/C18H20N2/c1-13-9-10-20(12-14(13)2)18-8-7-15(11-19)16-5-3-4-6-17(16)18/h3-8,13-14H,9-10,12H2,1-2H3. The van der Waals surface area contributed by atoms with Gasteiger partial charge in [-0.15, -0.1) is 0 Å². The van der Waals surface area contributed by atoms with Gasteiger partial charge in [0.05, 0.1) is 11.6 Å². The van der Waals surface area contributed by atoms with E-state index in [0.29, 0.717) is 0 Å².